The lowest BCUT2D eigenvalue weighted by Crippen LogP contribution is -2.15. The van der Waals surface area contributed by atoms with Crippen LogP contribution in [0.4, 0.5) is 0 Å². The molecule has 0 radical (unpaired) electrons. The maximum absolute atomic E-state index is 13.2. The van der Waals surface area contributed by atoms with E-state index >= 15 is 0 Å². The van der Waals surface area contributed by atoms with Crippen molar-refractivity contribution in [2.45, 2.75) is 6.54 Å². The summed E-state index contributed by atoms with van der Waals surface area (Å²) in [5.74, 6) is 0.658. The van der Waals surface area contributed by atoms with E-state index in [1.165, 1.54) is 0 Å². The molecule has 26 heavy (non-hydrogen) atoms. The zero-order chi connectivity index (χ0) is 17.7. The molecule has 0 fully saturated rings. The van der Waals surface area contributed by atoms with Crippen LogP contribution in [0.1, 0.15) is 5.56 Å². The average molecular weight is 404 g/mol. The largest absolute Gasteiger partial charge is 0.305 e. The first kappa shape index (κ1) is 15.3. The van der Waals surface area contributed by atoms with Crippen LogP contribution in [0.3, 0.4) is 0 Å². The quantitative estimate of drug-likeness (QED) is 0.431. The third-order valence-corrected chi connectivity index (χ3v) is 5.15. The summed E-state index contributed by atoms with van der Waals surface area (Å²) in [6.45, 7) is 0.648. The van der Waals surface area contributed by atoms with Gasteiger partial charge in [0.2, 0.25) is 5.78 Å². The second-order valence-electron chi connectivity index (χ2n) is 6.27. The molecule has 4 nitrogen and oxygen atoms in total. The number of hydrogen-bond donors (Lipinski definition) is 0. The SMILES string of the molecule is O=c1c2ccccc2nc2n(Cc3ccccc3)c3cc(Br)ccc3n12. The minimum atomic E-state index is -0.0373. The lowest BCUT2D eigenvalue weighted by molar-refractivity contribution is 0.838. The summed E-state index contributed by atoms with van der Waals surface area (Å²) < 4.78 is 4.79. The van der Waals surface area contributed by atoms with Crippen LogP contribution in [0.25, 0.3) is 27.7 Å². The first-order chi connectivity index (χ1) is 12.7. The van der Waals surface area contributed by atoms with Gasteiger partial charge in [0.1, 0.15) is 0 Å². The number of nitrogens with zero attached hydrogens (tertiary/aromatic N) is 3. The number of rotatable bonds is 2. The normalized spacial score (nSPS) is 11.6. The van der Waals surface area contributed by atoms with Gasteiger partial charge in [0.05, 0.1) is 28.5 Å². The fourth-order valence-electron chi connectivity index (χ4n) is 3.45. The van der Waals surface area contributed by atoms with Crippen LogP contribution in [-0.2, 0) is 6.54 Å². The highest BCUT2D eigenvalue weighted by molar-refractivity contribution is 9.10. The molecule has 0 saturated heterocycles. The molecular weight excluding hydrogens is 390 g/mol. The van der Waals surface area contributed by atoms with Crippen molar-refractivity contribution in [3.8, 4) is 0 Å². The molecule has 126 valence electrons. The fourth-order valence-corrected chi connectivity index (χ4v) is 3.80. The summed E-state index contributed by atoms with van der Waals surface area (Å²) in [6, 6.07) is 23.7. The van der Waals surface area contributed by atoms with Crippen LogP contribution in [0, 0.1) is 0 Å². The number of aromatic nitrogens is 3. The minimum Gasteiger partial charge on any atom is -0.305 e. The molecule has 0 atom stereocenters. The van der Waals surface area contributed by atoms with E-state index in [1.54, 1.807) is 4.40 Å². The Kier molecular flexibility index (Phi) is 3.43. The molecule has 3 aromatic carbocycles. The zero-order valence-corrected chi connectivity index (χ0v) is 15.3. The number of halogens is 1. The van der Waals surface area contributed by atoms with Crippen molar-refractivity contribution in [1.29, 1.82) is 0 Å². The monoisotopic (exact) mass is 403 g/mol. The Bertz CT molecular complexity index is 1340. The molecule has 0 bridgehead atoms. The maximum Gasteiger partial charge on any atom is 0.267 e. The van der Waals surface area contributed by atoms with Gasteiger partial charge in [0.15, 0.2) is 0 Å². The van der Waals surface area contributed by atoms with Gasteiger partial charge in [0, 0.05) is 4.47 Å². The lowest BCUT2D eigenvalue weighted by atomic mass is 10.2. The molecule has 0 aliphatic rings. The molecule has 5 aromatic rings. The molecule has 0 N–H and O–H groups in total. The van der Waals surface area contributed by atoms with E-state index in [9.17, 15) is 4.79 Å². The van der Waals surface area contributed by atoms with Crippen molar-refractivity contribution >= 4 is 43.6 Å². The van der Waals surface area contributed by atoms with Crippen LogP contribution in [0.2, 0.25) is 0 Å². The van der Waals surface area contributed by atoms with Gasteiger partial charge in [-0.1, -0.05) is 58.4 Å². The second kappa shape index (κ2) is 5.81. The minimum absolute atomic E-state index is 0.0373. The Morgan fingerprint density at radius 3 is 2.50 bits per heavy atom. The Morgan fingerprint density at radius 2 is 1.65 bits per heavy atom. The van der Waals surface area contributed by atoms with Crippen molar-refractivity contribution in [3.63, 3.8) is 0 Å². The van der Waals surface area contributed by atoms with E-state index in [4.69, 9.17) is 4.98 Å². The highest BCUT2D eigenvalue weighted by Crippen LogP contribution is 2.25. The standard InChI is InChI=1S/C21H14BrN3O/c22-15-10-11-18-19(12-15)24(13-14-6-2-1-3-7-14)21-23-17-9-5-4-8-16(17)20(26)25(18)21/h1-12H,13H2. The number of para-hydroxylation sites is 1. The van der Waals surface area contributed by atoms with E-state index in [0.29, 0.717) is 23.2 Å². The second-order valence-corrected chi connectivity index (χ2v) is 7.19. The first-order valence-electron chi connectivity index (χ1n) is 8.35. The molecule has 0 aliphatic heterocycles. The van der Waals surface area contributed by atoms with Crippen LogP contribution in [-0.4, -0.2) is 14.0 Å². The summed E-state index contributed by atoms with van der Waals surface area (Å²) in [5.41, 5.74) is 3.68. The Labute approximate surface area is 157 Å². The van der Waals surface area contributed by atoms with Crippen molar-refractivity contribution in [3.05, 3.63) is 93.2 Å². The van der Waals surface area contributed by atoms with E-state index in [2.05, 4.69) is 32.6 Å². The van der Waals surface area contributed by atoms with Gasteiger partial charge >= 0.3 is 0 Å². The Morgan fingerprint density at radius 1 is 0.885 bits per heavy atom. The molecule has 0 unspecified atom stereocenters. The predicted molar refractivity (Wildman–Crippen MR) is 108 cm³/mol. The number of fused-ring (bicyclic) bond motifs is 4. The van der Waals surface area contributed by atoms with Crippen LogP contribution in [0.5, 0.6) is 0 Å². The zero-order valence-electron chi connectivity index (χ0n) is 13.8. The molecule has 2 aromatic heterocycles. The number of imidazole rings is 1. The number of benzene rings is 3. The van der Waals surface area contributed by atoms with E-state index in [0.717, 1.165) is 21.1 Å². The average Bonchev–Trinajstić information content (AvgIpc) is 2.96. The van der Waals surface area contributed by atoms with E-state index in [-0.39, 0.29) is 5.56 Å². The molecule has 0 amide bonds. The van der Waals surface area contributed by atoms with Gasteiger partial charge in [0.25, 0.3) is 5.56 Å². The Hall–Kier alpha value is -2.92. The first-order valence-corrected chi connectivity index (χ1v) is 9.15. The topological polar surface area (TPSA) is 39.3 Å². The van der Waals surface area contributed by atoms with E-state index in [1.807, 2.05) is 60.7 Å². The molecule has 0 saturated carbocycles. The van der Waals surface area contributed by atoms with Crippen LogP contribution < -0.4 is 5.56 Å². The van der Waals surface area contributed by atoms with Gasteiger partial charge in [-0.25, -0.2) is 9.38 Å². The van der Waals surface area contributed by atoms with Gasteiger partial charge < -0.3 is 4.57 Å². The van der Waals surface area contributed by atoms with Crippen molar-refractivity contribution < 1.29 is 0 Å². The molecule has 0 aliphatic carbocycles. The van der Waals surface area contributed by atoms with Gasteiger partial charge in [-0.3, -0.25) is 4.79 Å². The van der Waals surface area contributed by atoms with Crippen molar-refractivity contribution in [2.75, 3.05) is 0 Å². The summed E-state index contributed by atoms with van der Waals surface area (Å²) in [4.78, 5) is 18.0. The van der Waals surface area contributed by atoms with E-state index < -0.39 is 0 Å². The molecular formula is C21H14BrN3O. The van der Waals surface area contributed by atoms with Gasteiger partial charge in [-0.05, 0) is 35.9 Å². The smallest absolute Gasteiger partial charge is 0.267 e. The third kappa shape index (κ3) is 2.28. The van der Waals surface area contributed by atoms with Crippen LogP contribution in [0.15, 0.2) is 82.1 Å². The van der Waals surface area contributed by atoms with Crippen LogP contribution >= 0.6 is 15.9 Å². The van der Waals surface area contributed by atoms with Crippen molar-refractivity contribution in [2.24, 2.45) is 0 Å². The highest BCUT2D eigenvalue weighted by Gasteiger charge is 2.16. The van der Waals surface area contributed by atoms with Crippen molar-refractivity contribution in [1.82, 2.24) is 14.0 Å². The molecule has 5 heteroatoms. The molecule has 5 rings (SSSR count). The third-order valence-electron chi connectivity index (χ3n) is 4.65. The lowest BCUT2D eigenvalue weighted by Gasteiger charge is -2.07. The van der Waals surface area contributed by atoms with Gasteiger partial charge in [-0.15, -0.1) is 0 Å². The highest BCUT2D eigenvalue weighted by atomic mass is 79.9. The fraction of sp³-hybridized carbons (Fsp3) is 0.0476. The summed E-state index contributed by atoms with van der Waals surface area (Å²) in [7, 11) is 0. The summed E-state index contributed by atoms with van der Waals surface area (Å²) >= 11 is 3.55. The number of hydrogen-bond acceptors (Lipinski definition) is 2. The van der Waals surface area contributed by atoms with Gasteiger partial charge in [-0.2, -0.15) is 0 Å². The predicted octanol–water partition coefficient (Wildman–Crippen LogP) is 4.61. The maximum atomic E-state index is 13.2. The Balaban J connectivity index is 1.94. The molecule has 0 spiro atoms. The summed E-state index contributed by atoms with van der Waals surface area (Å²) in [6.07, 6.45) is 0. The molecule has 2 heterocycles. The summed E-state index contributed by atoms with van der Waals surface area (Å²) in [5, 5.41) is 0.631.